The maximum Gasteiger partial charge on any atom is 0.274 e. The van der Waals surface area contributed by atoms with Crippen molar-refractivity contribution in [3.8, 4) is 17.8 Å². The van der Waals surface area contributed by atoms with Crippen molar-refractivity contribution < 1.29 is 14.3 Å². The number of hydrogen-bond donors (Lipinski definition) is 0. The first kappa shape index (κ1) is 21.6. The molecule has 0 radical (unpaired) electrons. The molecule has 1 atom stereocenters. The lowest BCUT2D eigenvalue weighted by Crippen LogP contribution is -2.33. The first-order valence-electron chi connectivity index (χ1n) is 11.0. The highest BCUT2D eigenvalue weighted by Crippen LogP contribution is 2.31. The Morgan fingerprint density at radius 2 is 2.12 bits per heavy atom. The van der Waals surface area contributed by atoms with Crippen molar-refractivity contribution >= 4 is 11.6 Å². The van der Waals surface area contributed by atoms with E-state index >= 15 is 0 Å². The second-order valence-corrected chi connectivity index (χ2v) is 8.29. The predicted octanol–water partition coefficient (Wildman–Crippen LogP) is 1.34. The molecule has 11 nitrogen and oxygen atoms in total. The first-order chi connectivity index (χ1) is 16.6. The van der Waals surface area contributed by atoms with Crippen LogP contribution in [0.2, 0.25) is 0 Å². The number of nitrogens with zero attached hydrogens (tertiary/aromatic N) is 8. The lowest BCUT2D eigenvalue weighted by Gasteiger charge is -2.31. The molecular formula is C23H24N8O3. The molecule has 3 aromatic heterocycles. The molecule has 3 aromatic rings. The van der Waals surface area contributed by atoms with Crippen molar-refractivity contribution in [2.24, 2.45) is 7.05 Å². The molecular weight excluding hydrogens is 436 g/mol. The Labute approximate surface area is 196 Å². The number of carbonyl (C=O) groups is 1. The Morgan fingerprint density at radius 1 is 1.24 bits per heavy atom. The van der Waals surface area contributed by atoms with Gasteiger partial charge in [-0.2, -0.15) is 10.4 Å². The van der Waals surface area contributed by atoms with Crippen molar-refractivity contribution in [3.05, 3.63) is 53.4 Å². The summed E-state index contributed by atoms with van der Waals surface area (Å²) in [4.78, 5) is 29.7. The highest BCUT2D eigenvalue weighted by molar-refractivity contribution is 5.92. The molecule has 0 saturated carbocycles. The highest BCUT2D eigenvalue weighted by Gasteiger charge is 2.31. The second kappa shape index (κ2) is 8.97. The number of nitriles is 1. The molecule has 2 aliphatic rings. The van der Waals surface area contributed by atoms with Gasteiger partial charge in [-0.25, -0.2) is 15.0 Å². The summed E-state index contributed by atoms with van der Waals surface area (Å²) >= 11 is 0. The van der Waals surface area contributed by atoms with Crippen LogP contribution in [0.15, 0.2) is 30.9 Å². The van der Waals surface area contributed by atoms with Crippen molar-refractivity contribution in [1.82, 2.24) is 29.6 Å². The molecule has 5 heterocycles. The van der Waals surface area contributed by atoms with Gasteiger partial charge < -0.3 is 19.3 Å². The Bertz CT molecular complexity index is 1270. The fourth-order valence-corrected chi connectivity index (χ4v) is 4.35. The van der Waals surface area contributed by atoms with Crippen LogP contribution in [0.1, 0.15) is 33.7 Å². The topological polar surface area (TPSA) is 122 Å². The van der Waals surface area contributed by atoms with Crippen molar-refractivity contribution in [2.45, 2.75) is 25.5 Å². The molecule has 0 aliphatic carbocycles. The number of likely N-dealkylation sites (tertiary alicyclic amines) is 1. The first-order valence-corrected chi connectivity index (χ1v) is 11.0. The van der Waals surface area contributed by atoms with Crippen LogP contribution in [0.25, 0.3) is 0 Å². The molecule has 0 aromatic carbocycles. The van der Waals surface area contributed by atoms with Crippen LogP contribution in [0, 0.1) is 11.3 Å². The van der Waals surface area contributed by atoms with E-state index in [1.807, 2.05) is 0 Å². The third-order valence-corrected chi connectivity index (χ3v) is 6.12. The molecule has 1 saturated heterocycles. The zero-order valence-corrected chi connectivity index (χ0v) is 19.0. The number of hydrogen-bond acceptors (Lipinski definition) is 9. The molecule has 0 N–H and O–H groups in total. The average molecular weight is 460 g/mol. The van der Waals surface area contributed by atoms with Crippen molar-refractivity contribution in [3.63, 3.8) is 0 Å². The summed E-state index contributed by atoms with van der Waals surface area (Å²) in [5.74, 6) is 0.749. The Balaban J connectivity index is 1.31. The van der Waals surface area contributed by atoms with E-state index in [-0.39, 0.29) is 12.0 Å². The third-order valence-electron chi connectivity index (χ3n) is 6.12. The minimum absolute atomic E-state index is 0.0945. The van der Waals surface area contributed by atoms with Gasteiger partial charge in [-0.05, 0) is 12.1 Å². The molecule has 5 rings (SSSR count). The lowest BCUT2D eigenvalue weighted by molar-refractivity contribution is 0.0764. The summed E-state index contributed by atoms with van der Waals surface area (Å²) in [6.45, 7) is 2.35. The molecule has 0 bridgehead atoms. The number of pyridine rings is 1. The van der Waals surface area contributed by atoms with Gasteiger partial charge in [-0.1, -0.05) is 0 Å². The highest BCUT2D eigenvalue weighted by atomic mass is 16.5. The quantitative estimate of drug-likeness (QED) is 0.555. The fourth-order valence-electron chi connectivity index (χ4n) is 4.35. The summed E-state index contributed by atoms with van der Waals surface area (Å²) in [5, 5.41) is 13.6. The predicted molar refractivity (Wildman–Crippen MR) is 120 cm³/mol. The lowest BCUT2D eigenvalue weighted by atomic mass is 10.1. The molecule has 1 fully saturated rings. The van der Waals surface area contributed by atoms with Crippen LogP contribution in [0.4, 0.5) is 5.69 Å². The minimum Gasteiger partial charge on any atom is -0.480 e. The average Bonchev–Trinajstić information content (AvgIpc) is 3.52. The summed E-state index contributed by atoms with van der Waals surface area (Å²) in [6, 6.07) is 5.63. The minimum atomic E-state index is -0.158. The largest absolute Gasteiger partial charge is 0.480 e. The number of methoxy groups -OCH3 is 1. The monoisotopic (exact) mass is 460 g/mol. The standard InChI is InChI=1S/C23H24N8O3/c1-29-6-4-20(28-29)23(32)31-7-3-17(12-31)34-22-18-13-30(8-5-19(18)26-14-27-22)16-9-15(10-24)21(33-2)25-11-16/h4,6,9,11,14,17H,3,5,7-8,12-13H2,1-2H3/t17-/m0/s1. The summed E-state index contributed by atoms with van der Waals surface area (Å²) in [5.41, 5.74) is 3.50. The zero-order valence-electron chi connectivity index (χ0n) is 19.0. The Hall–Kier alpha value is -4.20. The SMILES string of the molecule is COc1ncc(N2CCc3ncnc(O[C@H]4CCN(C(=O)c5ccn(C)n5)C4)c3C2)cc1C#N. The normalized spacial score (nSPS) is 17.3. The number of ether oxygens (including phenoxy) is 2. The van der Waals surface area contributed by atoms with Crippen LogP contribution < -0.4 is 14.4 Å². The van der Waals surface area contributed by atoms with Crippen molar-refractivity contribution in [2.75, 3.05) is 31.6 Å². The van der Waals surface area contributed by atoms with Gasteiger partial charge in [-0.3, -0.25) is 9.48 Å². The van der Waals surface area contributed by atoms with Gasteiger partial charge in [0.2, 0.25) is 11.8 Å². The number of rotatable bonds is 5. The summed E-state index contributed by atoms with van der Waals surface area (Å²) in [6.07, 6.45) is 6.26. The van der Waals surface area contributed by atoms with E-state index in [1.54, 1.807) is 41.2 Å². The van der Waals surface area contributed by atoms with Gasteiger partial charge in [0.25, 0.3) is 5.91 Å². The number of amides is 1. The van der Waals surface area contributed by atoms with Crippen LogP contribution in [0.5, 0.6) is 11.8 Å². The smallest absolute Gasteiger partial charge is 0.274 e. The molecule has 34 heavy (non-hydrogen) atoms. The van der Waals surface area contributed by atoms with Gasteiger partial charge in [0.15, 0.2) is 0 Å². The Kier molecular flexibility index (Phi) is 5.71. The van der Waals surface area contributed by atoms with Crippen LogP contribution in [-0.2, 0) is 20.0 Å². The number of anilines is 1. The number of aromatic nitrogens is 5. The van der Waals surface area contributed by atoms with E-state index in [9.17, 15) is 10.1 Å². The van der Waals surface area contributed by atoms with E-state index in [2.05, 4.69) is 31.0 Å². The molecule has 1 amide bonds. The van der Waals surface area contributed by atoms with Gasteiger partial charge in [0.05, 0.1) is 43.3 Å². The number of aryl methyl sites for hydroxylation is 1. The van der Waals surface area contributed by atoms with Gasteiger partial charge >= 0.3 is 0 Å². The molecule has 0 unspecified atom stereocenters. The van der Waals surface area contributed by atoms with E-state index in [4.69, 9.17) is 9.47 Å². The molecule has 174 valence electrons. The van der Waals surface area contributed by atoms with E-state index in [0.29, 0.717) is 42.7 Å². The van der Waals surface area contributed by atoms with Gasteiger partial charge in [-0.15, -0.1) is 0 Å². The summed E-state index contributed by atoms with van der Waals surface area (Å²) < 4.78 is 13.1. The van der Waals surface area contributed by atoms with Crippen LogP contribution >= 0.6 is 0 Å². The Morgan fingerprint density at radius 3 is 2.88 bits per heavy atom. The fraction of sp³-hybridized carbons (Fsp3) is 0.391. The molecule has 11 heteroatoms. The molecule has 2 aliphatic heterocycles. The number of carbonyl (C=O) groups excluding carboxylic acids is 1. The van der Waals surface area contributed by atoms with E-state index in [0.717, 1.165) is 36.3 Å². The number of fused-ring (bicyclic) bond motifs is 1. The van der Waals surface area contributed by atoms with Gasteiger partial charge in [0, 0.05) is 39.2 Å². The van der Waals surface area contributed by atoms with Crippen molar-refractivity contribution in [1.29, 1.82) is 5.26 Å². The van der Waals surface area contributed by atoms with E-state index in [1.165, 1.54) is 13.4 Å². The summed E-state index contributed by atoms with van der Waals surface area (Å²) in [7, 11) is 3.28. The zero-order chi connectivity index (χ0) is 23.7. The third kappa shape index (κ3) is 4.10. The van der Waals surface area contributed by atoms with Crippen LogP contribution in [0.3, 0.4) is 0 Å². The maximum atomic E-state index is 12.7. The van der Waals surface area contributed by atoms with Gasteiger partial charge in [0.1, 0.15) is 29.8 Å². The molecule has 0 spiro atoms. The maximum absolute atomic E-state index is 12.7. The van der Waals surface area contributed by atoms with E-state index < -0.39 is 0 Å². The van der Waals surface area contributed by atoms with Crippen LogP contribution in [-0.4, -0.2) is 68.4 Å². The second-order valence-electron chi connectivity index (χ2n) is 8.29.